The summed E-state index contributed by atoms with van der Waals surface area (Å²) in [5.41, 5.74) is 5.60. The smallest absolute Gasteiger partial charge is 0.254 e. The number of pyridine rings is 1. The molecule has 5 heteroatoms. The van der Waals surface area contributed by atoms with Crippen molar-refractivity contribution in [2.24, 2.45) is 0 Å². The average molecular weight is 349 g/mol. The van der Waals surface area contributed by atoms with E-state index in [2.05, 4.69) is 16.9 Å². The Morgan fingerprint density at radius 3 is 2.64 bits per heavy atom. The summed E-state index contributed by atoms with van der Waals surface area (Å²) in [5, 5.41) is 2.01. The number of carbonyl (C=O) groups is 1. The summed E-state index contributed by atoms with van der Waals surface area (Å²) in [6.45, 7) is 2.08. The maximum atomic E-state index is 13.1. The van der Waals surface area contributed by atoms with Gasteiger partial charge in [0.2, 0.25) is 0 Å². The van der Waals surface area contributed by atoms with Gasteiger partial charge in [0.05, 0.1) is 17.2 Å². The number of hydrogen-bond acceptors (Lipinski definition) is 4. The Labute approximate surface area is 151 Å². The second-order valence-corrected chi connectivity index (χ2v) is 7.08. The van der Waals surface area contributed by atoms with Crippen LogP contribution in [-0.4, -0.2) is 26.8 Å². The molecular formula is C20H19N3OS. The van der Waals surface area contributed by atoms with Crippen LogP contribution >= 0.6 is 11.3 Å². The second-order valence-electron chi connectivity index (χ2n) is 6.36. The van der Waals surface area contributed by atoms with Crippen LogP contribution in [0.4, 0.5) is 0 Å². The highest BCUT2D eigenvalue weighted by atomic mass is 32.1. The molecule has 1 aliphatic carbocycles. The molecule has 0 spiro atoms. The third kappa shape index (κ3) is 3.33. The molecule has 4 nitrogen and oxygen atoms in total. The van der Waals surface area contributed by atoms with Crippen molar-refractivity contribution >= 4 is 17.2 Å². The predicted molar refractivity (Wildman–Crippen MR) is 99.4 cm³/mol. The van der Waals surface area contributed by atoms with E-state index in [1.54, 1.807) is 17.5 Å². The Hall–Kier alpha value is -2.53. The fourth-order valence-corrected chi connectivity index (χ4v) is 3.64. The van der Waals surface area contributed by atoms with Crippen molar-refractivity contribution in [3.8, 4) is 11.3 Å². The second kappa shape index (κ2) is 6.76. The summed E-state index contributed by atoms with van der Waals surface area (Å²) in [6, 6.07) is 12.1. The first-order chi connectivity index (χ1) is 12.2. The molecule has 2 heterocycles. The van der Waals surface area contributed by atoms with Gasteiger partial charge >= 0.3 is 0 Å². The molecule has 2 aromatic heterocycles. The summed E-state index contributed by atoms with van der Waals surface area (Å²) in [6.07, 6.45) is 5.76. The van der Waals surface area contributed by atoms with Gasteiger partial charge < -0.3 is 4.90 Å². The Kier molecular flexibility index (Phi) is 4.32. The zero-order valence-electron chi connectivity index (χ0n) is 14.0. The van der Waals surface area contributed by atoms with Crippen molar-refractivity contribution in [2.45, 2.75) is 31.8 Å². The number of rotatable bonds is 5. The number of carbonyl (C=O) groups excluding carboxylic acids is 1. The molecule has 1 amide bonds. The van der Waals surface area contributed by atoms with E-state index in [1.165, 1.54) is 0 Å². The van der Waals surface area contributed by atoms with Crippen LogP contribution in [0.15, 0.2) is 59.7 Å². The van der Waals surface area contributed by atoms with E-state index in [-0.39, 0.29) is 11.9 Å². The predicted octanol–water partition coefficient (Wildman–Crippen LogP) is 4.57. The first-order valence-electron chi connectivity index (χ1n) is 8.45. The van der Waals surface area contributed by atoms with Crippen molar-refractivity contribution in [3.05, 3.63) is 70.8 Å². The molecule has 3 aromatic rings. The van der Waals surface area contributed by atoms with Crippen LogP contribution in [0.2, 0.25) is 0 Å². The molecule has 0 unspecified atom stereocenters. The van der Waals surface area contributed by atoms with Crippen molar-refractivity contribution in [1.29, 1.82) is 0 Å². The van der Waals surface area contributed by atoms with Crippen LogP contribution in [-0.2, 0) is 0 Å². The van der Waals surface area contributed by atoms with E-state index < -0.39 is 0 Å². The molecule has 0 saturated heterocycles. The van der Waals surface area contributed by atoms with Crippen LogP contribution in [0, 0.1) is 0 Å². The van der Waals surface area contributed by atoms with E-state index in [0.29, 0.717) is 6.04 Å². The van der Waals surface area contributed by atoms with Crippen LogP contribution in [0.5, 0.6) is 0 Å². The van der Waals surface area contributed by atoms with Crippen LogP contribution in [0.3, 0.4) is 0 Å². The Balaban J connectivity index is 1.59. The van der Waals surface area contributed by atoms with E-state index in [9.17, 15) is 4.79 Å². The van der Waals surface area contributed by atoms with Gasteiger partial charge in [0.1, 0.15) is 0 Å². The molecule has 0 radical (unpaired) electrons. The van der Waals surface area contributed by atoms with Gasteiger partial charge in [-0.05, 0) is 43.5 Å². The minimum atomic E-state index is 0.0203. The Bertz CT molecular complexity index is 842. The van der Waals surface area contributed by atoms with E-state index in [0.717, 1.165) is 35.2 Å². The van der Waals surface area contributed by atoms with Crippen LogP contribution in [0.25, 0.3) is 11.3 Å². The molecule has 1 aromatic carbocycles. The van der Waals surface area contributed by atoms with Gasteiger partial charge in [-0.15, -0.1) is 11.3 Å². The summed E-state index contributed by atoms with van der Waals surface area (Å²) in [7, 11) is 0. The SMILES string of the molecule is C[C@@H](c1cccnc1)N(C(=O)c1ccc(-c2cscn2)cc1)C1CC1. The number of amides is 1. The third-order valence-electron chi connectivity index (χ3n) is 4.62. The van der Waals surface area contributed by atoms with E-state index in [1.807, 2.05) is 58.4 Å². The zero-order valence-corrected chi connectivity index (χ0v) is 14.8. The zero-order chi connectivity index (χ0) is 17.2. The summed E-state index contributed by atoms with van der Waals surface area (Å²) in [5.74, 6) is 0.0867. The molecule has 1 aliphatic rings. The molecule has 0 aliphatic heterocycles. The number of thiazole rings is 1. The highest BCUT2D eigenvalue weighted by molar-refractivity contribution is 7.07. The molecular weight excluding hydrogens is 330 g/mol. The monoisotopic (exact) mass is 349 g/mol. The first-order valence-corrected chi connectivity index (χ1v) is 9.39. The van der Waals surface area contributed by atoms with Gasteiger partial charge in [0.15, 0.2) is 0 Å². The molecule has 25 heavy (non-hydrogen) atoms. The Morgan fingerprint density at radius 2 is 2.04 bits per heavy atom. The summed E-state index contributed by atoms with van der Waals surface area (Å²) < 4.78 is 0. The topological polar surface area (TPSA) is 46.1 Å². The number of aromatic nitrogens is 2. The molecule has 126 valence electrons. The Morgan fingerprint density at radius 1 is 1.24 bits per heavy atom. The lowest BCUT2D eigenvalue weighted by atomic mass is 10.1. The molecule has 4 rings (SSSR count). The van der Waals surface area contributed by atoms with E-state index >= 15 is 0 Å². The lowest BCUT2D eigenvalue weighted by Crippen LogP contribution is -2.35. The number of nitrogens with zero attached hydrogens (tertiary/aromatic N) is 3. The maximum Gasteiger partial charge on any atom is 0.254 e. The number of benzene rings is 1. The molecule has 1 fully saturated rings. The maximum absolute atomic E-state index is 13.1. The van der Waals surface area contributed by atoms with Gasteiger partial charge in [-0.25, -0.2) is 4.98 Å². The van der Waals surface area contributed by atoms with Crippen LogP contribution in [0.1, 0.15) is 41.7 Å². The quantitative estimate of drug-likeness (QED) is 0.678. The number of hydrogen-bond donors (Lipinski definition) is 0. The summed E-state index contributed by atoms with van der Waals surface area (Å²) in [4.78, 5) is 23.7. The lowest BCUT2D eigenvalue weighted by Gasteiger charge is -2.29. The van der Waals surface area contributed by atoms with Gasteiger partial charge in [-0.1, -0.05) is 18.2 Å². The van der Waals surface area contributed by atoms with Crippen molar-refractivity contribution < 1.29 is 4.79 Å². The third-order valence-corrected chi connectivity index (χ3v) is 5.21. The fourth-order valence-electron chi connectivity index (χ4n) is 3.08. The van der Waals surface area contributed by atoms with Gasteiger partial charge in [-0.3, -0.25) is 9.78 Å². The highest BCUT2D eigenvalue weighted by Gasteiger charge is 2.36. The first kappa shape index (κ1) is 16.0. The summed E-state index contributed by atoms with van der Waals surface area (Å²) >= 11 is 1.57. The molecule has 0 bridgehead atoms. The molecule has 1 atom stereocenters. The van der Waals surface area contributed by atoms with Crippen LogP contribution < -0.4 is 0 Å². The molecule has 0 N–H and O–H groups in total. The standard InChI is InChI=1S/C20H19N3OS/c1-14(17-3-2-10-21-11-17)23(18-8-9-18)20(24)16-6-4-15(5-7-16)19-12-25-13-22-19/h2-7,10-14,18H,8-9H2,1H3/t14-/m0/s1. The normalized spacial score (nSPS) is 14.9. The highest BCUT2D eigenvalue weighted by Crippen LogP contribution is 2.35. The fraction of sp³-hybridized carbons (Fsp3) is 0.250. The lowest BCUT2D eigenvalue weighted by molar-refractivity contribution is 0.0673. The largest absolute Gasteiger partial charge is 0.329 e. The van der Waals surface area contributed by atoms with E-state index in [4.69, 9.17) is 0 Å². The average Bonchev–Trinajstić information content (AvgIpc) is 3.34. The minimum Gasteiger partial charge on any atom is -0.329 e. The minimum absolute atomic E-state index is 0.0203. The van der Waals surface area contributed by atoms with Crippen molar-refractivity contribution in [2.75, 3.05) is 0 Å². The van der Waals surface area contributed by atoms with Crippen molar-refractivity contribution in [3.63, 3.8) is 0 Å². The van der Waals surface area contributed by atoms with Gasteiger partial charge in [0.25, 0.3) is 5.91 Å². The van der Waals surface area contributed by atoms with Gasteiger partial charge in [0, 0.05) is 34.9 Å². The molecule has 1 saturated carbocycles. The van der Waals surface area contributed by atoms with Crippen molar-refractivity contribution in [1.82, 2.24) is 14.9 Å². The van der Waals surface area contributed by atoms with Gasteiger partial charge in [-0.2, -0.15) is 0 Å².